The molecule has 0 saturated carbocycles. The van der Waals surface area contributed by atoms with Gasteiger partial charge in [0, 0.05) is 24.8 Å². The molecule has 4 rings (SSSR count). The first kappa shape index (κ1) is 14.2. The summed E-state index contributed by atoms with van der Waals surface area (Å²) in [4.78, 5) is 13.3. The highest BCUT2D eigenvalue weighted by atomic mass is 35.5. The van der Waals surface area contributed by atoms with Crippen molar-refractivity contribution in [3.63, 3.8) is 0 Å². The Morgan fingerprint density at radius 2 is 2.21 bits per heavy atom. The first-order chi connectivity index (χ1) is 8.81. The molecule has 1 atom stereocenters. The van der Waals surface area contributed by atoms with E-state index in [1.54, 1.807) is 23.3 Å². The van der Waals surface area contributed by atoms with E-state index in [1.165, 1.54) is 32.0 Å². The number of ether oxygens (including phenoxy) is 1. The van der Waals surface area contributed by atoms with Gasteiger partial charge in [-0.3, -0.25) is 0 Å². The van der Waals surface area contributed by atoms with Crippen LogP contribution in [-0.2, 0) is 9.53 Å². The minimum absolute atomic E-state index is 0. The molecule has 3 aliphatic rings. The van der Waals surface area contributed by atoms with Gasteiger partial charge in [-0.15, -0.1) is 0 Å². The summed E-state index contributed by atoms with van der Waals surface area (Å²) in [6.07, 6.45) is 7.17. The highest BCUT2D eigenvalue weighted by molar-refractivity contribution is 5.86. The Morgan fingerprint density at radius 3 is 2.79 bits per heavy atom. The Labute approximate surface area is 118 Å². The normalized spacial score (nSPS) is 29.2. The molecule has 5 heteroatoms. The average molecular weight is 284 g/mol. The van der Waals surface area contributed by atoms with Crippen molar-refractivity contribution in [2.75, 3.05) is 19.6 Å². The summed E-state index contributed by atoms with van der Waals surface area (Å²) in [5.74, 6) is 0.986. The molecule has 0 spiro atoms. The Bertz CT molecular complexity index is 436. The topological polar surface area (TPSA) is 43.9 Å². The quantitative estimate of drug-likeness (QED) is 0.493. The summed E-state index contributed by atoms with van der Waals surface area (Å²) in [6, 6.07) is 3.60. The van der Waals surface area contributed by atoms with Crippen LogP contribution >= 0.6 is 0 Å². The molecule has 0 radical (unpaired) electrons. The summed E-state index contributed by atoms with van der Waals surface area (Å²) in [5, 5.41) is 0. The van der Waals surface area contributed by atoms with Crippen LogP contribution < -0.4 is 17.3 Å². The summed E-state index contributed by atoms with van der Waals surface area (Å²) in [5.41, 5.74) is 0. The van der Waals surface area contributed by atoms with Gasteiger partial charge in [-0.25, -0.2) is 4.79 Å². The van der Waals surface area contributed by atoms with E-state index in [4.69, 9.17) is 9.15 Å². The van der Waals surface area contributed by atoms with Crippen molar-refractivity contribution in [1.29, 1.82) is 0 Å². The van der Waals surface area contributed by atoms with Crippen molar-refractivity contribution < 1.29 is 31.3 Å². The third-order valence-electron chi connectivity index (χ3n) is 3.95. The van der Waals surface area contributed by atoms with E-state index >= 15 is 0 Å². The molecule has 104 valence electrons. The lowest BCUT2D eigenvalue weighted by atomic mass is 9.86. The SMILES string of the molecule is O=C(/C=C/c1ccco1)OC1C[NH+]2CCC1CC2.[Cl-]. The van der Waals surface area contributed by atoms with Crippen LogP contribution in [0.2, 0.25) is 0 Å². The van der Waals surface area contributed by atoms with Crippen LogP contribution in [0.5, 0.6) is 0 Å². The second-order valence-corrected chi connectivity index (χ2v) is 5.12. The highest BCUT2D eigenvalue weighted by Gasteiger charge is 2.39. The molecule has 3 aliphatic heterocycles. The number of piperidine rings is 3. The molecular formula is C14H18ClNO3. The number of esters is 1. The van der Waals surface area contributed by atoms with Crippen molar-refractivity contribution in [3.05, 3.63) is 30.2 Å². The summed E-state index contributed by atoms with van der Waals surface area (Å²) >= 11 is 0. The van der Waals surface area contributed by atoms with Gasteiger partial charge in [-0.1, -0.05) is 0 Å². The zero-order valence-electron chi connectivity index (χ0n) is 10.7. The lowest BCUT2D eigenvalue weighted by Crippen LogP contribution is -3.16. The van der Waals surface area contributed by atoms with Gasteiger partial charge in [-0.05, 0) is 18.2 Å². The summed E-state index contributed by atoms with van der Waals surface area (Å²) < 4.78 is 10.7. The standard InChI is InChI=1S/C14H17NO3.ClH/c16-14(4-3-12-2-1-9-17-12)18-13-10-15-7-5-11(13)6-8-15;/h1-4,9,11,13H,5-8,10H2;1H/b4-3+;. The number of fused-ring (bicyclic) bond motifs is 3. The minimum Gasteiger partial charge on any atom is -1.00 e. The number of rotatable bonds is 3. The Hall–Kier alpha value is -1.26. The number of halogens is 1. The zero-order valence-corrected chi connectivity index (χ0v) is 11.4. The van der Waals surface area contributed by atoms with Crippen LogP contribution in [0, 0.1) is 5.92 Å². The van der Waals surface area contributed by atoms with Crippen LogP contribution in [0.15, 0.2) is 28.9 Å². The lowest BCUT2D eigenvalue weighted by molar-refractivity contribution is -0.920. The third-order valence-corrected chi connectivity index (χ3v) is 3.95. The van der Waals surface area contributed by atoms with Crippen molar-refractivity contribution in [3.8, 4) is 0 Å². The zero-order chi connectivity index (χ0) is 12.4. The molecule has 1 N–H and O–H groups in total. The number of nitrogens with one attached hydrogen (secondary N) is 1. The van der Waals surface area contributed by atoms with Gasteiger partial charge in [0.05, 0.1) is 19.4 Å². The van der Waals surface area contributed by atoms with E-state index in [2.05, 4.69) is 0 Å². The minimum atomic E-state index is -0.260. The van der Waals surface area contributed by atoms with Gasteiger partial charge in [0.2, 0.25) is 0 Å². The van der Waals surface area contributed by atoms with E-state index in [0.717, 1.165) is 6.54 Å². The molecular weight excluding hydrogens is 266 g/mol. The predicted octanol–water partition coefficient (Wildman–Crippen LogP) is -2.48. The second kappa shape index (κ2) is 6.26. The van der Waals surface area contributed by atoms with Crippen molar-refractivity contribution >= 4 is 12.0 Å². The number of hydrogen-bond acceptors (Lipinski definition) is 3. The largest absolute Gasteiger partial charge is 1.00 e. The van der Waals surface area contributed by atoms with Crippen molar-refractivity contribution in [2.24, 2.45) is 5.92 Å². The first-order valence-corrected chi connectivity index (χ1v) is 6.57. The van der Waals surface area contributed by atoms with Gasteiger partial charge in [0.1, 0.15) is 12.3 Å². The first-order valence-electron chi connectivity index (χ1n) is 6.57. The van der Waals surface area contributed by atoms with Gasteiger partial charge < -0.3 is 26.5 Å². The van der Waals surface area contributed by atoms with Crippen LogP contribution in [-0.4, -0.2) is 31.7 Å². The number of furan rings is 1. The molecule has 0 aliphatic carbocycles. The molecule has 0 amide bonds. The van der Waals surface area contributed by atoms with Gasteiger partial charge >= 0.3 is 5.97 Å². The van der Waals surface area contributed by atoms with E-state index in [-0.39, 0.29) is 24.5 Å². The summed E-state index contributed by atoms with van der Waals surface area (Å²) in [6.45, 7) is 3.45. The molecule has 4 heterocycles. The van der Waals surface area contributed by atoms with Crippen LogP contribution in [0.1, 0.15) is 18.6 Å². The Morgan fingerprint density at radius 1 is 1.42 bits per heavy atom. The number of quaternary nitrogens is 1. The summed E-state index contributed by atoms with van der Waals surface area (Å²) in [7, 11) is 0. The van der Waals surface area contributed by atoms with E-state index in [0.29, 0.717) is 11.7 Å². The molecule has 1 unspecified atom stereocenters. The predicted molar refractivity (Wildman–Crippen MR) is 65.9 cm³/mol. The molecule has 4 nitrogen and oxygen atoms in total. The van der Waals surface area contributed by atoms with Crippen LogP contribution in [0.3, 0.4) is 0 Å². The fraction of sp³-hybridized carbons (Fsp3) is 0.500. The molecule has 19 heavy (non-hydrogen) atoms. The smallest absolute Gasteiger partial charge is 0.331 e. The molecule has 3 saturated heterocycles. The average Bonchev–Trinajstić information content (AvgIpc) is 2.91. The monoisotopic (exact) mass is 283 g/mol. The highest BCUT2D eigenvalue weighted by Crippen LogP contribution is 2.21. The van der Waals surface area contributed by atoms with E-state index in [9.17, 15) is 4.79 Å². The van der Waals surface area contributed by atoms with Crippen molar-refractivity contribution in [2.45, 2.75) is 18.9 Å². The van der Waals surface area contributed by atoms with Crippen LogP contribution in [0.4, 0.5) is 0 Å². The van der Waals surface area contributed by atoms with Crippen molar-refractivity contribution in [1.82, 2.24) is 0 Å². The van der Waals surface area contributed by atoms with Crippen LogP contribution in [0.25, 0.3) is 6.08 Å². The maximum atomic E-state index is 11.7. The van der Waals surface area contributed by atoms with Gasteiger partial charge in [0.15, 0.2) is 6.10 Å². The van der Waals surface area contributed by atoms with Gasteiger partial charge in [0.25, 0.3) is 0 Å². The Balaban J connectivity index is 0.00000133. The molecule has 2 bridgehead atoms. The molecule has 3 fully saturated rings. The van der Waals surface area contributed by atoms with E-state index in [1.807, 2.05) is 6.07 Å². The number of carbonyl (C=O) groups excluding carboxylic acids is 1. The fourth-order valence-electron chi connectivity index (χ4n) is 2.94. The Kier molecular flexibility index (Phi) is 4.66. The molecule has 1 aromatic rings. The van der Waals surface area contributed by atoms with E-state index < -0.39 is 0 Å². The molecule has 1 aromatic heterocycles. The second-order valence-electron chi connectivity index (χ2n) is 5.12. The van der Waals surface area contributed by atoms with Gasteiger partial charge in [-0.2, -0.15) is 0 Å². The lowest BCUT2D eigenvalue weighted by Gasteiger charge is -2.40. The number of carbonyl (C=O) groups is 1. The molecule has 0 aromatic carbocycles. The maximum Gasteiger partial charge on any atom is 0.331 e. The maximum absolute atomic E-state index is 11.7. The third kappa shape index (κ3) is 3.39. The fourth-order valence-corrected chi connectivity index (χ4v) is 2.94. The number of hydrogen-bond donors (Lipinski definition) is 1.